The maximum atomic E-state index is 13.8. The van der Waals surface area contributed by atoms with E-state index < -0.39 is 17.7 Å². The van der Waals surface area contributed by atoms with E-state index in [1.165, 1.54) is 18.2 Å². The molecule has 2 rings (SSSR count). The number of thioether (sulfide) groups is 1. The van der Waals surface area contributed by atoms with Crippen molar-refractivity contribution >= 4 is 17.4 Å². The van der Waals surface area contributed by atoms with E-state index in [1.807, 2.05) is 30.3 Å². The Labute approximate surface area is 128 Å². The largest absolute Gasteiger partial charge is 0.377 e. The fourth-order valence-corrected chi connectivity index (χ4v) is 2.84. The van der Waals surface area contributed by atoms with E-state index in [-0.39, 0.29) is 5.56 Å². The summed E-state index contributed by atoms with van der Waals surface area (Å²) in [6.45, 7) is 5.44. The van der Waals surface area contributed by atoms with E-state index in [9.17, 15) is 8.78 Å². The Morgan fingerprint density at radius 2 is 1.81 bits per heavy atom. The maximum Gasteiger partial charge on any atom is 0.131 e. The number of hydrogen-bond donors (Lipinski definition) is 1. The van der Waals surface area contributed by atoms with E-state index in [1.54, 1.807) is 18.7 Å². The van der Waals surface area contributed by atoms with Crippen LogP contribution in [0.2, 0.25) is 0 Å². The lowest BCUT2D eigenvalue weighted by Crippen LogP contribution is -2.11. The predicted molar refractivity (Wildman–Crippen MR) is 85.8 cm³/mol. The molecule has 0 spiro atoms. The van der Waals surface area contributed by atoms with Gasteiger partial charge in [-0.1, -0.05) is 24.3 Å². The highest BCUT2D eigenvalue weighted by Crippen LogP contribution is 2.31. The van der Waals surface area contributed by atoms with E-state index >= 15 is 0 Å². The number of hydrogen-bond acceptors (Lipinski definition) is 2. The van der Waals surface area contributed by atoms with Crippen LogP contribution in [-0.4, -0.2) is 5.75 Å². The molecule has 2 aromatic rings. The topological polar surface area (TPSA) is 12.0 Å². The van der Waals surface area contributed by atoms with Crippen LogP contribution in [0.25, 0.3) is 0 Å². The molecule has 0 aliphatic rings. The summed E-state index contributed by atoms with van der Waals surface area (Å²) < 4.78 is 27.6. The van der Waals surface area contributed by atoms with Crippen molar-refractivity contribution < 1.29 is 8.78 Å². The van der Waals surface area contributed by atoms with Crippen molar-refractivity contribution in [3.8, 4) is 0 Å². The second kappa shape index (κ2) is 7.27. The third-order valence-electron chi connectivity index (χ3n) is 3.05. The highest BCUT2D eigenvalue weighted by Gasteiger charge is 2.16. The highest BCUT2D eigenvalue weighted by atomic mass is 32.2. The monoisotopic (exact) mass is 305 g/mol. The lowest BCUT2D eigenvalue weighted by atomic mass is 10.1. The zero-order chi connectivity index (χ0) is 15.2. The molecule has 1 N–H and O–H groups in total. The average Bonchev–Trinajstić information content (AvgIpc) is 2.46. The van der Waals surface area contributed by atoms with E-state index in [4.69, 9.17) is 0 Å². The smallest absolute Gasteiger partial charge is 0.131 e. The molecule has 110 valence electrons. The number of benzene rings is 2. The van der Waals surface area contributed by atoms with E-state index in [0.29, 0.717) is 0 Å². The summed E-state index contributed by atoms with van der Waals surface area (Å²) in [7, 11) is 0. The number of halogens is 2. The van der Waals surface area contributed by atoms with Gasteiger partial charge in [0.05, 0.1) is 6.04 Å². The third-order valence-corrected chi connectivity index (χ3v) is 4.12. The Hall–Kier alpha value is -1.81. The van der Waals surface area contributed by atoms with Crippen LogP contribution in [0.15, 0.2) is 60.0 Å². The van der Waals surface area contributed by atoms with Crippen LogP contribution in [0.1, 0.15) is 18.5 Å². The first-order chi connectivity index (χ1) is 10.1. The Kier molecular flexibility index (Phi) is 5.39. The van der Waals surface area contributed by atoms with Crippen LogP contribution in [0, 0.1) is 11.6 Å². The van der Waals surface area contributed by atoms with Crippen molar-refractivity contribution in [3.05, 3.63) is 72.3 Å². The summed E-state index contributed by atoms with van der Waals surface area (Å²) in [5.41, 5.74) is 0.917. The van der Waals surface area contributed by atoms with Gasteiger partial charge in [0.1, 0.15) is 11.6 Å². The molecular formula is C17H17F2NS. The minimum Gasteiger partial charge on any atom is -0.377 e. The molecule has 0 bridgehead atoms. The van der Waals surface area contributed by atoms with Crippen LogP contribution in [0.5, 0.6) is 0 Å². The zero-order valence-electron chi connectivity index (χ0n) is 11.8. The van der Waals surface area contributed by atoms with Gasteiger partial charge in [-0.15, -0.1) is 18.3 Å². The summed E-state index contributed by atoms with van der Waals surface area (Å²) in [6, 6.07) is 11.2. The predicted octanol–water partition coefficient (Wildman–Crippen LogP) is 5.42. The van der Waals surface area contributed by atoms with Gasteiger partial charge in [0, 0.05) is 21.9 Å². The van der Waals surface area contributed by atoms with Gasteiger partial charge in [0.2, 0.25) is 0 Å². The summed E-state index contributed by atoms with van der Waals surface area (Å²) in [5, 5.41) is 3.18. The highest BCUT2D eigenvalue weighted by molar-refractivity contribution is 7.99. The van der Waals surface area contributed by atoms with Gasteiger partial charge in [-0.2, -0.15) is 0 Å². The van der Waals surface area contributed by atoms with Gasteiger partial charge in [-0.05, 0) is 31.2 Å². The van der Waals surface area contributed by atoms with E-state index in [2.05, 4.69) is 11.9 Å². The summed E-state index contributed by atoms with van der Waals surface area (Å²) in [6.07, 6.45) is 1.82. The van der Waals surface area contributed by atoms with Gasteiger partial charge in [0.25, 0.3) is 0 Å². The molecule has 0 saturated heterocycles. The Morgan fingerprint density at radius 1 is 1.14 bits per heavy atom. The van der Waals surface area contributed by atoms with Crippen molar-refractivity contribution in [2.75, 3.05) is 11.1 Å². The van der Waals surface area contributed by atoms with Crippen LogP contribution in [-0.2, 0) is 0 Å². The number of rotatable bonds is 6. The molecule has 0 saturated carbocycles. The molecule has 0 aliphatic carbocycles. The van der Waals surface area contributed by atoms with Gasteiger partial charge in [-0.25, -0.2) is 8.78 Å². The van der Waals surface area contributed by atoms with E-state index in [0.717, 1.165) is 16.3 Å². The van der Waals surface area contributed by atoms with Gasteiger partial charge < -0.3 is 5.32 Å². The standard InChI is InChI=1S/C17H17F2NS/c1-3-11-21-16-10-5-4-9-15(16)20-12(2)17-13(18)7-6-8-14(17)19/h3-10,12,20H,1,11H2,2H3. The lowest BCUT2D eigenvalue weighted by molar-refractivity contribution is 0.544. The molecule has 4 heteroatoms. The first-order valence-electron chi connectivity index (χ1n) is 6.66. The molecule has 0 aromatic heterocycles. The lowest BCUT2D eigenvalue weighted by Gasteiger charge is -2.19. The van der Waals surface area contributed by atoms with Crippen LogP contribution in [0.4, 0.5) is 14.5 Å². The quantitative estimate of drug-likeness (QED) is 0.565. The van der Waals surface area contributed by atoms with Gasteiger partial charge in [0.15, 0.2) is 0 Å². The second-order valence-electron chi connectivity index (χ2n) is 4.60. The summed E-state index contributed by atoms with van der Waals surface area (Å²) in [5.74, 6) is -0.293. The first-order valence-corrected chi connectivity index (χ1v) is 7.65. The molecule has 1 atom stereocenters. The summed E-state index contributed by atoms with van der Waals surface area (Å²) >= 11 is 1.62. The second-order valence-corrected chi connectivity index (χ2v) is 5.66. The maximum absolute atomic E-state index is 13.8. The first kappa shape index (κ1) is 15.6. The molecular weight excluding hydrogens is 288 g/mol. The molecule has 21 heavy (non-hydrogen) atoms. The molecule has 2 aromatic carbocycles. The van der Waals surface area contributed by atoms with Gasteiger partial charge >= 0.3 is 0 Å². The minimum atomic E-state index is -0.536. The van der Waals surface area contributed by atoms with Crippen LogP contribution < -0.4 is 5.32 Å². The fourth-order valence-electron chi connectivity index (χ4n) is 2.09. The fraction of sp³-hybridized carbons (Fsp3) is 0.176. The molecule has 0 fully saturated rings. The molecule has 0 heterocycles. The third kappa shape index (κ3) is 3.85. The number of para-hydroxylation sites is 1. The molecule has 1 unspecified atom stereocenters. The number of nitrogens with one attached hydrogen (secondary N) is 1. The SMILES string of the molecule is C=CCSc1ccccc1NC(C)c1c(F)cccc1F. The Morgan fingerprint density at radius 3 is 2.48 bits per heavy atom. The molecule has 0 aliphatic heterocycles. The molecule has 1 nitrogen and oxygen atoms in total. The van der Waals surface area contributed by atoms with Crippen molar-refractivity contribution in [2.24, 2.45) is 0 Å². The van der Waals surface area contributed by atoms with Crippen LogP contribution in [0.3, 0.4) is 0 Å². The summed E-state index contributed by atoms with van der Waals surface area (Å²) in [4.78, 5) is 1.03. The minimum absolute atomic E-state index is 0.0565. The average molecular weight is 305 g/mol. The number of anilines is 1. The molecule has 0 radical (unpaired) electrons. The normalized spacial score (nSPS) is 12.0. The van der Waals surface area contributed by atoms with Crippen LogP contribution >= 0.6 is 11.8 Å². The zero-order valence-corrected chi connectivity index (χ0v) is 12.6. The van der Waals surface area contributed by atoms with Crippen molar-refractivity contribution in [1.82, 2.24) is 0 Å². The van der Waals surface area contributed by atoms with Crippen molar-refractivity contribution in [1.29, 1.82) is 0 Å². The Bertz CT molecular complexity index is 608. The molecule has 0 amide bonds. The van der Waals surface area contributed by atoms with Crippen molar-refractivity contribution in [3.63, 3.8) is 0 Å². The Balaban J connectivity index is 2.23. The van der Waals surface area contributed by atoms with Crippen molar-refractivity contribution in [2.45, 2.75) is 17.9 Å². The van der Waals surface area contributed by atoms with Gasteiger partial charge in [-0.3, -0.25) is 0 Å².